The smallest absolute Gasteiger partial charge is 0.340 e. The van der Waals surface area contributed by atoms with E-state index in [2.05, 4.69) is 15.9 Å². The summed E-state index contributed by atoms with van der Waals surface area (Å²) in [5, 5.41) is 0. The summed E-state index contributed by atoms with van der Waals surface area (Å²) in [7, 11) is 1.51. The summed E-state index contributed by atoms with van der Waals surface area (Å²) in [5.74, 6) is -1.44. The molecule has 4 rings (SSSR count). The van der Waals surface area contributed by atoms with Gasteiger partial charge >= 0.3 is 17.9 Å². The van der Waals surface area contributed by atoms with Crippen molar-refractivity contribution in [2.45, 2.75) is 36.1 Å². The van der Waals surface area contributed by atoms with Crippen molar-refractivity contribution in [1.82, 2.24) is 0 Å². The van der Waals surface area contributed by atoms with Crippen molar-refractivity contribution in [3.8, 4) is 5.75 Å². The lowest BCUT2D eigenvalue weighted by molar-refractivity contribution is -0.118. The summed E-state index contributed by atoms with van der Waals surface area (Å²) < 4.78 is 26.0. The molecule has 0 spiro atoms. The van der Waals surface area contributed by atoms with Gasteiger partial charge in [-0.15, -0.1) is 0 Å². The number of carbonyl (C=O) groups is 3. The van der Waals surface area contributed by atoms with Gasteiger partial charge in [-0.3, -0.25) is 0 Å². The largest absolute Gasteiger partial charge is 0.497 e. The Hall–Kier alpha value is -3.40. The second-order valence-electron chi connectivity index (χ2n) is 8.97. The van der Waals surface area contributed by atoms with E-state index in [0.717, 1.165) is 11.1 Å². The molecule has 0 saturated carbocycles. The number of esters is 3. The minimum absolute atomic E-state index is 0.224. The maximum absolute atomic E-state index is 13.0. The molecular weight excluding hydrogens is 592 g/mol. The van der Waals surface area contributed by atoms with Crippen LogP contribution in [0.1, 0.15) is 42.2 Å². The molecule has 1 fully saturated rings. The molecule has 3 aromatic rings. The van der Waals surface area contributed by atoms with Crippen LogP contribution < -0.4 is 4.74 Å². The molecule has 1 heterocycles. The van der Waals surface area contributed by atoms with Crippen LogP contribution in [0.2, 0.25) is 0 Å². The van der Waals surface area contributed by atoms with Crippen LogP contribution in [0.15, 0.2) is 72.8 Å². The van der Waals surface area contributed by atoms with E-state index in [1.807, 2.05) is 13.8 Å². The third-order valence-electron chi connectivity index (χ3n) is 6.06. The first-order valence-corrected chi connectivity index (χ1v) is 13.2. The summed E-state index contributed by atoms with van der Waals surface area (Å²) in [6.45, 7) is 3.47. The van der Waals surface area contributed by atoms with Crippen LogP contribution in [0.5, 0.6) is 5.75 Å². The van der Waals surface area contributed by atoms with Gasteiger partial charge in [0.05, 0.1) is 23.8 Å². The Morgan fingerprint density at radius 1 is 0.795 bits per heavy atom. The van der Waals surface area contributed by atoms with Crippen molar-refractivity contribution in [3.05, 3.63) is 101 Å². The molecule has 8 nitrogen and oxygen atoms in total. The lowest BCUT2D eigenvalue weighted by Crippen LogP contribution is -2.43. The van der Waals surface area contributed by atoms with E-state index in [-0.39, 0.29) is 17.7 Å². The predicted octanol–water partition coefficient (Wildman–Crippen LogP) is 5.61. The molecule has 0 N–H and O–H groups in total. The Balaban J connectivity index is 1.53. The van der Waals surface area contributed by atoms with Crippen LogP contribution in [0, 0.1) is 13.8 Å². The van der Waals surface area contributed by atoms with E-state index in [0.29, 0.717) is 11.3 Å². The Kier molecular flexibility index (Phi) is 8.94. The normalized spacial score (nSPS) is 22.1. The number of hydrogen-bond donors (Lipinski definition) is 0. The number of benzene rings is 3. The van der Waals surface area contributed by atoms with Gasteiger partial charge in [-0.2, -0.15) is 0 Å². The van der Waals surface area contributed by atoms with Gasteiger partial charge in [-0.1, -0.05) is 62.9 Å². The van der Waals surface area contributed by atoms with Crippen molar-refractivity contribution in [1.29, 1.82) is 0 Å². The molecule has 3 aromatic carbocycles. The van der Waals surface area contributed by atoms with Gasteiger partial charge in [0.2, 0.25) is 10.1 Å². The van der Waals surface area contributed by atoms with Crippen molar-refractivity contribution in [2.24, 2.45) is 0 Å². The van der Waals surface area contributed by atoms with Crippen LogP contribution in [-0.4, -0.2) is 53.9 Å². The van der Waals surface area contributed by atoms with Crippen molar-refractivity contribution in [3.63, 3.8) is 0 Å². The maximum Gasteiger partial charge on any atom is 0.340 e. The van der Waals surface area contributed by atoms with Crippen LogP contribution in [0.3, 0.4) is 0 Å². The minimum Gasteiger partial charge on any atom is -0.497 e. The Labute approximate surface area is 239 Å². The van der Waals surface area contributed by atoms with Crippen LogP contribution in [0.25, 0.3) is 0 Å². The van der Waals surface area contributed by atoms with E-state index in [1.54, 1.807) is 60.7 Å². The molecule has 10 heteroatoms. The highest BCUT2D eigenvalue weighted by Gasteiger charge is 2.59. The van der Waals surface area contributed by atoms with Crippen molar-refractivity contribution >= 4 is 45.4 Å². The fourth-order valence-electron chi connectivity index (χ4n) is 3.79. The summed E-state index contributed by atoms with van der Waals surface area (Å²) in [5.41, 5.74) is 2.80. The second-order valence-corrected chi connectivity index (χ2v) is 11.4. The zero-order valence-corrected chi connectivity index (χ0v) is 23.7. The third kappa shape index (κ3) is 6.79. The molecule has 1 saturated heterocycles. The first kappa shape index (κ1) is 28.6. The Bertz CT molecular complexity index is 1320. The lowest BCUT2D eigenvalue weighted by atomic mass is 10.1. The zero-order valence-electron chi connectivity index (χ0n) is 21.4. The number of methoxy groups -OCH3 is 1. The van der Waals surface area contributed by atoms with Gasteiger partial charge in [-0.05, 0) is 62.4 Å². The molecule has 0 amide bonds. The SMILES string of the molecule is COc1ccc(C(=O)OC2O[C@H](COC(=O)c3ccc(C)cc3)[C@@H](OC(=O)c3ccc(C)cc3)[C@]2(Cl)Br)cc1. The number of aryl methyl sites for hydroxylation is 2. The molecule has 0 aliphatic carbocycles. The summed E-state index contributed by atoms with van der Waals surface area (Å²) in [4.78, 5) is 38.4. The number of carbonyl (C=O) groups excluding carboxylic acids is 3. The van der Waals surface area contributed by atoms with E-state index < -0.39 is 40.2 Å². The Morgan fingerprint density at radius 3 is 1.77 bits per heavy atom. The van der Waals surface area contributed by atoms with Crippen LogP contribution in [-0.2, 0) is 18.9 Å². The summed E-state index contributed by atoms with van der Waals surface area (Å²) in [6, 6.07) is 19.9. The number of ether oxygens (including phenoxy) is 5. The van der Waals surface area contributed by atoms with Gasteiger partial charge in [-0.25, -0.2) is 14.4 Å². The van der Waals surface area contributed by atoms with E-state index in [1.165, 1.54) is 19.2 Å². The van der Waals surface area contributed by atoms with E-state index >= 15 is 0 Å². The molecule has 4 atom stereocenters. The number of hydrogen-bond acceptors (Lipinski definition) is 8. The highest BCUT2D eigenvalue weighted by atomic mass is 79.9. The lowest BCUT2D eigenvalue weighted by Gasteiger charge is -2.26. The summed E-state index contributed by atoms with van der Waals surface area (Å²) in [6.07, 6.45) is -3.65. The first-order chi connectivity index (χ1) is 18.6. The highest BCUT2D eigenvalue weighted by molar-refractivity contribution is 9.10. The van der Waals surface area contributed by atoms with Crippen molar-refractivity contribution < 1.29 is 38.1 Å². The number of halogens is 2. The summed E-state index contributed by atoms with van der Waals surface area (Å²) >= 11 is 10.1. The van der Waals surface area contributed by atoms with Crippen LogP contribution in [0.4, 0.5) is 0 Å². The predicted molar refractivity (Wildman–Crippen MR) is 146 cm³/mol. The molecule has 0 radical (unpaired) electrons. The molecule has 0 bridgehead atoms. The van der Waals surface area contributed by atoms with Gasteiger partial charge in [0.1, 0.15) is 18.5 Å². The fraction of sp³-hybridized carbons (Fsp3) is 0.276. The van der Waals surface area contributed by atoms with Crippen molar-refractivity contribution in [2.75, 3.05) is 13.7 Å². The average Bonchev–Trinajstić information content (AvgIpc) is 3.16. The molecule has 1 aliphatic heterocycles. The van der Waals surface area contributed by atoms with Crippen LogP contribution >= 0.6 is 27.5 Å². The standard InChI is InChI=1S/C29H26BrClO8/c1-17-4-8-19(9-5-17)25(32)36-16-23-24(38-26(33)20-10-6-18(2)7-11-20)29(30,31)28(37-23)39-27(34)21-12-14-22(35-3)15-13-21/h4-15,23-24,28H,16H2,1-3H3/t23-,24-,28?,29-/m1/s1. The first-order valence-electron chi connectivity index (χ1n) is 12.0. The van der Waals surface area contributed by atoms with Gasteiger partial charge in [0, 0.05) is 0 Å². The fourth-order valence-corrected chi connectivity index (χ4v) is 4.66. The minimum atomic E-state index is -1.68. The number of alkyl halides is 2. The topological polar surface area (TPSA) is 97.4 Å². The average molecular weight is 618 g/mol. The molecule has 1 aliphatic rings. The highest BCUT2D eigenvalue weighted by Crippen LogP contribution is 2.45. The quantitative estimate of drug-likeness (QED) is 0.183. The molecular formula is C29H26BrClO8. The van der Waals surface area contributed by atoms with Gasteiger partial charge < -0.3 is 23.7 Å². The van der Waals surface area contributed by atoms with Gasteiger partial charge in [0.15, 0.2) is 6.10 Å². The second kappa shape index (κ2) is 12.2. The van der Waals surface area contributed by atoms with Gasteiger partial charge in [0.25, 0.3) is 0 Å². The number of rotatable bonds is 8. The zero-order chi connectivity index (χ0) is 28.2. The molecule has 204 valence electrons. The Morgan fingerprint density at radius 2 is 1.26 bits per heavy atom. The van der Waals surface area contributed by atoms with E-state index in [9.17, 15) is 14.4 Å². The third-order valence-corrected chi connectivity index (χ3v) is 7.28. The maximum atomic E-state index is 13.0. The molecule has 0 aromatic heterocycles. The van der Waals surface area contributed by atoms with E-state index in [4.69, 9.17) is 35.3 Å². The monoisotopic (exact) mass is 616 g/mol. The molecule has 39 heavy (non-hydrogen) atoms. The molecule has 1 unspecified atom stereocenters.